The Morgan fingerprint density at radius 2 is 1.81 bits per heavy atom. The van der Waals surface area contributed by atoms with Crippen molar-refractivity contribution < 1.29 is 8.42 Å². The zero-order valence-electron chi connectivity index (χ0n) is 14.6. The minimum atomic E-state index is -2.99. The van der Waals surface area contributed by atoms with Gasteiger partial charge in [0.1, 0.15) is 0 Å². The zero-order valence-corrected chi connectivity index (χ0v) is 15.4. The molecule has 1 fully saturated rings. The maximum atomic E-state index is 12.3. The molecule has 0 spiro atoms. The highest BCUT2D eigenvalue weighted by Crippen LogP contribution is 2.34. The summed E-state index contributed by atoms with van der Waals surface area (Å²) in [4.78, 5) is 0. The standard InChI is InChI=1S/C17H35NO2S/c1-6-11-18-16-9-8-14(7-2)13-15(16)10-12-21(19,20)17(3,4)5/h14-16,18H,6-13H2,1-5H3. The predicted molar refractivity (Wildman–Crippen MR) is 91.4 cm³/mol. The van der Waals surface area contributed by atoms with E-state index in [0.717, 1.165) is 25.3 Å². The van der Waals surface area contributed by atoms with Gasteiger partial charge in [0.2, 0.25) is 0 Å². The molecule has 1 saturated carbocycles. The lowest BCUT2D eigenvalue weighted by Crippen LogP contribution is -2.42. The molecule has 0 amide bonds. The molecule has 0 aromatic heterocycles. The summed E-state index contributed by atoms with van der Waals surface area (Å²) in [6, 6.07) is 0.517. The van der Waals surface area contributed by atoms with Crippen molar-refractivity contribution in [3.63, 3.8) is 0 Å². The normalized spacial score (nSPS) is 27.8. The highest BCUT2D eigenvalue weighted by molar-refractivity contribution is 7.92. The number of hydrogen-bond acceptors (Lipinski definition) is 3. The second-order valence-electron chi connectivity index (χ2n) is 7.63. The van der Waals surface area contributed by atoms with Crippen molar-refractivity contribution in [1.29, 1.82) is 0 Å². The van der Waals surface area contributed by atoms with E-state index in [1.165, 1.54) is 25.7 Å². The first kappa shape index (κ1) is 19.0. The summed E-state index contributed by atoms with van der Waals surface area (Å²) in [7, 11) is -2.99. The first-order valence-electron chi connectivity index (χ1n) is 8.67. The Balaban J connectivity index is 2.65. The van der Waals surface area contributed by atoms with Crippen molar-refractivity contribution in [3.05, 3.63) is 0 Å². The van der Waals surface area contributed by atoms with Crippen molar-refractivity contribution in [2.45, 2.75) is 83.9 Å². The Morgan fingerprint density at radius 3 is 2.33 bits per heavy atom. The summed E-state index contributed by atoms with van der Waals surface area (Å²) in [6.07, 6.45) is 6.87. The van der Waals surface area contributed by atoms with Gasteiger partial charge in [0.05, 0.1) is 10.5 Å². The average molecular weight is 318 g/mol. The Hall–Kier alpha value is -0.0900. The summed E-state index contributed by atoms with van der Waals surface area (Å²) < 4.78 is 24.1. The maximum absolute atomic E-state index is 12.3. The third-order valence-electron chi connectivity index (χ3n) is 5.02. The summed E-state index contributed by atoms with van der Waals surface area (Å²) in [5.41, 5.74) is 0. The van der Waals surface area contributed by atoms with Gasteiger partial charge >= 0.3 is 0 Å². The van der Waals surface area contributed by atoms with Gasteiger partial charge < -0.3 is 5.32 Å². The molecule has 0 saturated heterocycles. The molecule has 1 aliphatic carbocycles. The first-order chi connectivity index (χ1) is 9.71. The Bertz CT molecular complexity index is 398. The Labute approximate surface area is 132 Å². The van der Waals surface area contributed by atoms with E-state index in [0.29, 0.717) is 17.7 Å². The van der Waals surface area contributed by atoms with Gasteiger partial charge in [-0.1, -0.05) is 20.3 Å². The molecule has 4 heteroatoms. The van der Waals surface area contributed by atoms with Crippen LogP contribution in [0.25, 0.3) is 0 Å². The van der Waals surface area contributed by atoms with Crippen LogP contribution in [0, 0.1) is 11.8 Å². The van der Waals surface area contributed by atoms with Crippen LogP contribution in [0.4, 0.5) is 0 Å². The highest BCUT2D eigenvalue weighted by Gasteiger charge is 2.33. The van der Waals surface area contributed by atoms with Crippen molar-refractivity contribution in [1.82, 2.24) is 5.32 Å². The number of hydrogen-bond donors (Lipinski definition) is 1. The average Bonchev–Trinajstić information content (AvgIpc) is 2.42. The van der Waals surface area contributed by atoms with Crippen LogP contribution < -0.4 is 5.32 Å². The summed E-state index contributed by atoms with van der Waals surface area (Å²) in [6.45, 7) is 10.9. The molecular formula is C17H35NO2S. The minimum absolute atomic E-state index is 0.335. The molecule has 126 valence electrons. The first-order valence-corrected chi connectivity index (χ1v) is 10.3. The smallest absolute Gasteiger partial charge is 0.155 e. The van der Waals surface area contributed by atoms with Crippen LogP contribution in [0.1, 0.15) is 73.1 Å². The molecule has 1 aliphatic rings. The summed E-state index contributed by atoms with van der Waals surface area (Å²) in [5.74, 6) is 1.64. The predicted octanol–water partition coefficient (Wildman–Crippen LogP) is 3.78. The van der Waals surface area contributed by atoms with Crippen LogP contribution >= 0.6 is 0 Å². The van der Waals surface area contributed by atoms with Gasteiger partial charge in [-0.05, 0) is 71.3 Å². The van der Waals surface area contributed by atoms with Crippen molar-refractivity contribution in [3.8, 4) is 0 Å². The molecule has 0 radical (unpaired) electrons. The zero-order chi connectivity index (χ0) is 16.1. The topological polar surface area (TPSA) is 46.2 Å². The molecule has 3 unspecified atom stereocenters. The van der Waals surface area contributed by atoms with E-state index >= 15 is 0 Å². The fourth-order valence-electron chi connectivity index (χ4n) is 3.26. The van der Waals surface area contributed by atoms with Crippen LogP contribution in [0.3, 0.4) is 0 Å². The fourth-order valence-corrected chi connectivity index (χ4v) is 4.49. The van der Waals surface area contributed by atoms with E-state index < -0.39 is 14.6 Å². The largest absolute Gasteiger partial charge is 0.314 e. The highest BCUT2D eigenvalue weighted by atomic mass is 32.2. The summed E-state index contributed by atoms with van der Waals surface area (Å²) in [5, 5.41) is 3.65. The van der Waals surface area contributed by atoms with Crippen molar-refractivity contribution >= 4 is 9.84 Å². The fraction of sp³-hybridized carbons (Fsp3) is 1.00. The van der Waals surface area contributed by atoms with E-state index in [9.17, 15) is 8.42 Å². The van der Waals surface area contributed by atoms with Crippen LogP contribution in [0.2, 0.25) is 0 Å². The van der Waals surface area contributed by atoms with Crippen molar-refractivity contribution in [2.24, 2.45) is 11.8 Å². The third kappa shape index (κ3) is 5.55. The van der Waals surface area contributed by atoms with Gasteiger partial charge in [0.25, 0.3) is 0 Å². The third-order valence-corrected chi connectivity index (χ3v) is 7.65. The molecular weight excluding hydrogens is 282 g/mol. The van der Waals surface area contributed by atoms with E-state index in [4.69, 9.17) is 0 Å². The Kier molecular flexibility index (Phi) is 7.18. The lowest BCUT2D eigenvalue weighted by molar-refractivity contribution is 0.195. The molecule has 0 aliphatic heterocycles. The van der Waals surface area contributed by atoms with Gasteiger partial charge in [-0.25, -0.2) is 8.42 Å². The van der Waals surface area contributed by atoms with Gasteiger partial charge in [0.15, 0.2) is 9.84 Å². The van der Waals surface area contributed by atoms with Gasteiger partial charge in [-0.15, -0.1) is 0 Å². The molecule has 0 bridgehead atoms. The maximum Gasteiger partial charge on any atom is 0.155 e. The molecule has 3 nitrogen and oxygen atoms in total. The second kappa shape index (κ2) is 7.96. The number of rotatable bonds is 7. The molecule has 0 heterocycles. The van der Waals surface area contributed by atoms with E-state index in [1.807, 2.05) is 20.8 Å². The van der Waals surface area contributed by atoms with E-state index in [2.05, 4.69) is 19.2 Å². The lowest BCUT2D eigenvalue weighted by atomic mass is 9.76. The Morgan fingerprint density at radius 1 is 1.14 bits per heavy atom. The van der Waals surface area contributed by atoms with E-state index in [-0.39, 0.29) is 0 Å². The summed E-state index contributed by atoms with van der Waals surface area (Å²) >= 11 is 0. The second-order valence-corrected chi connectivity index (χ2v) is 10.5. The molecule has 0 aromatic rings. The van der Waals surface area contributed by atoms with Gasteiger partial charge in [0, 0.05) is 6.04 Å². The SMILES string of the molecule is CCCNC1CCC(CC)CC1CCS(=O)(=O)C(C)(C)C. The van der Waals surface area contributed by atoms with E-state index in [1.54, 1.807) is 0 Å². The molecule has 1 N–H and O–H groups in total. The molecule has 21 heavy (non-hydrogen) atoms. The number of sulfone groups is 1. The van der Waals surface area contributed by atoms with Crippen molar-refractivity contribution in [2.75, 3.05) is 12.3 Å². The minimum Gasteiger partial charge on any atom is -0.314 e. The van der Waals surface area contributed by atoms with Crippen LogP contribution in [0.5, 0.6) is 0 Å². The monoisotopic (exact) mass is 317 g/mol. The molecule has 1 rings (SSSR count). The van der Waals surface area contributed by atoms with Gasteiger partial charge in [-0.2, -0.15) is 0 Å². The van der Waals surface area contributed by atoms with Crippen LogP contribution in [-0.4, -0.2) is 31.5 Å². The van der Waals surface area contributed by atoms with Gasteiger partial charge in [-0.3, -0.25) is 0 Å². The molecule has 3 atom stereocenters. The van der Waals surface area contributed by atoms with Crippen LogP contribution in [-0.2, 0) is 9.84 Å². The lowest BCUT2D eigenvalue weighted by Gasteiger charge is -2.37. The number of nitrogens with one attached hydrogen (secondary N) is 1. The van der Waals surface area contributed by atoms with Crippen LogP contribution in [0.15, 0.2) is 0 Å². The quantitative estimate of drug-likeness (QED) is 0.777. The molecule has 0 aromatic carbocycles.